The molecule has 1 saturated heterocycles. The van der Waals surface area contributed by atoms with Gasteiger partial charge in [0.1, 0.15) is 11.5 Å². The first-order valence-corrected chi connectivity index (χ1v) is 11.7. The average Bonchev–Trinajstić information content (AvgIpc) is 2.93. The smallest absolute Gasteiger partial charge is 0.254 e. The van der Waals surface area contributed by atoms with E-state index < -0.39 is 5.82 Å². The van der Waals surface area contributed by atoms with E-state index >= 15 is 0 Å². The zero-order valence-electron chi connectivity index (χ0n) is 20.2. The molecule has 0 atom stereocenters. The summed E-state index contributed by atoms with van der Waals surface area (Å²) in [7, 11) is 3.08. The standard InChI is InChI=1S/C26H27FN4O5/c1-33-18-13-17(14-19(15-18)34-2)25(32)31-8-7-22-20(16-31)24(36-23-6-4-3-5-21(23)27)29-26(28-22)30-9-11-35-12-10-30/h3-6,13-15H,7-12,16H2,1-2H3. The van der Waals surface area contributed by atoms with E-state index in [4.69, 9.17) is 23.9 Å². The predicted octanol–water partition coefficient (Wildman–Crippen LogP) is 3.46. The third-order valence-electron chi connectivity index (χ3n) is 6.23. The van der Waals surface area contributed by atoms with Gasteiger partial charge in [-0.1, -0.05) is 12.1 Å². The Balaban J connectivity index is 1.49. The molecule has 36 heavy (non-hydrogen) atoms. The molecular weight excluding hydrogens is 467 g/mol. The summed E-state index contributed by atoms with van der Waals surface area (Å²) in [5, 5.41) is 0. The first kappa shape index (κ1) is 23.8. The number of nitrogens with zero attached hydrogens (tertiary/aromatic N) is 4. The first-order chi connectivity index (χ1) is 17.6. The maximum atomic E-state index is 14.4. The van der Waals surface area contributed by atoms with E-state index in [1.54, 1.807) is 41.3 Å². The van der Waals surface area contributed by atoms with Crippen molar-refractivity contribution in [2.24, 2.45) is 0 Å². The number of halogens is 1. The summed E-state index contributed by atoms with van der Waals surface area (Å²) in [6.45, 7) is 3.15. The number of morpholine rings is 1. The van der Waals surface area contributed by atoms with Crippen molar-refractivity contribution in [1.29, 1.82) is 0 Å². The molecule has 2 aromatic carbocycles. The van der Waals surface area contributed by atoms with Gasteiger partial charge in [0.15, 0.2) is 11.6 Å². The lowest BCUT2D eigenvalue weighted by Gasteiger charge is -2.32. The molecule has 0 N–H and O–H groups in total. The van der Waals surface area contributed by atoms with Crippen molar-refractivity contribution >= 4 is 11.9 Å². The number of aromatic nitrogens is 2. The maximum Gasteiger partial charge on any atom is 0.254 e. The summed E-state index contributed by atoms with van der Waals surface area (Å²) < 4.78 is 36.5. The van der Waals surface area contributed by atoms with Crippen LogP contribution in [0.3, 0.4) is 0 Å². The molecule has 0 spiro atoms. The van der Waals surface area contributed by atoms with Gasteiger partial charge in [-0.05, 0) is 24.3 Å². The van der Waals surface area contributed by atoms with Crippen molar-refractivity contribution in [2.75, 3.05) is 52.0 Å². The molecular formula is C26H27FN4O5. The van der Waals surface area contributed by atoms with Crippen LogP contribution < -0.4 is 19.1 Å². The van der Waals surface area contributed by atoms with Crippen LogP contribution >= 0.6 is 0 Å². The molecule has 1 aromatic heterocycles. The fraction of sp³-hybridized carbons (Fsp3) is 0.346. The lowest BCUT2D eigenvalue weighted by Crippen LogP contribution is -2.39. The van der Waals surface area contributed by atoms with Gasteiger partial charge in [0.05, 0.1) is 45.2 Å². The first-order valence-electron chi connectivity index (χ1n) is 11.7. The lowest BCUT2D eigenvalue weighted by atomic mass is 10.0. The van der Waals surface area contributed by atoms with Gasteiger partial charge in [-0.3, -0.25) is 4.79 Å². The van der Waals surface area contributed by atoms with Gasteiger partial charge in [0.25, 0.3) is 5.91 Å². The number of amides is 1. The second kappa shape index (κ2) is 10.4. The topological polar surface area (TPSA) is 86.3 Å². The molecule has 2 aliphatic rings. The van der Waals surface area contributed by atoms with Gasteiger partial charge >= 0.3 is 0 Å². The Morgan fingerprint density at radius 3 is 2.42 bits per heavy atom. The van der Waals surface area contributed by atoms with Crippen LogP contribution in [0.15, 0.2) is 42.5 Å². The lowest BCUT2D eigenvalue weighted by molar-refractivity contribution is 0.0731. The number of rotatable bonds is 6. The number of para-hydroxylation sites is 1. The predicted molar refractivity (Wildman–Crippen MR) is 130 cm³/mol. The summed E-state index contributed by atoms with van der Waals surface area (Å²) in [5.74, 6) is 1.19. The molecule has 0 saturated carbocycles. The number of hydrogen-bond donors (Lipinski definition) is 0. The largest absolute Gasteiger partial charge is 0.497 e. The molecule has 0 bridgehead atoms. The minimum absolute atomic E-state index is 0.0623. The molecule has 0 unspecified atom stereocenters. The van der Waals surface area contributed by atoms with E-state index in [1.165, 1.54) is 20.3 Å². The van der Waals surface area contributed by atoms with Gasteiger partial charge in [-0.2, -0.15) is 4.98 Å². The quantitative estimate of drug-likeness (QED) is 0.515. The summed E-state index contributed by atoms with van der Waals surface area (Å²) in [4.78, 5) is 26.6. The van der Waals surface area contributed by atoms with Crippen LogP contribution in [0.4, 0.5) is 10.3 Å². The Morgan fingerprint density at radius 2 is 1.72 bits per heavy atom. The molecule has 1 amide bonds. The zero-order chi connectivity index (χ0) is 25.1. The molecule has 188 valence electrons. The number of carbonyl (C=O) groups is 1. The molecule has 2 aliphatic heterocycles. The monoisotopic (exact) mass is 494 g/mol. The third kappa shape index (κ3) is 4.90. The highest BCUT2D eigenvalue weighted by atomic mass is 19.1. The van der Waals surface area contributed by atoms with Crippen LogP contribution in [0.25, 0.3) is 0 Å². The van der Waals surface area contributed by atoms with E-state index in [1.807, 2.05) is 4.90 Å². The molecule has 5 rings (SSSR count). The highest BCUT2D eigenvalue weighted by Gasteiger charge is 2.29. The van der Waals surface area contributed by atoms with Crippen LogP contribution in [-0.2, 0) is 17.7 Å². The van der Waals surface area contributed by atoms with E-state index in [9.17, 15) is 9.18 Å². The van der Waals surface area contributed by atoms with Crippen molar-refractivity contribution in [2.45, 2.75) is 13.0 Å². The SMILES string of the molecule is COc1cc(OC)cc(C(=O)N2CCc3nc(N4CCOCC4)nc(Oc4ccccc4F)c3C2)c1. The molecule has 10 heteroatoms. The zero-order valence-corrected chi connectivity index (χ0v) is 20.2. The van der Waals surface area contributed by atoms with Gasteiger partial charge < -0.3 is 28.7 Å². The summed E-state index contributed by atoms with van der Waals surface area (Å²) in [6, 6.07) is 11.2. The Morgan fingerprint density at radius 1 is 1.00 bits per heavy atom. The molecule has 0 aliphatic carbocycles. The van der Waals surface area contributed by atoms with Crippen molar-refractivity contribution in [3.8, 4) is 23.1 Å². The second-order valence-electron chi connectivity index (χ2n) is 8.46. The Kier molecular flexibility index (Phi) is 6.86. The summed E-state index contributed by atoms with van der Waals surface area (Å²) in [6.07, 6.45) is 0.510. The Labute approximate surface area is 208 Å². The maximum absolute atomic E-state index is 14.4. The van der Waals surface area contributed by atoms with Crippen molar-refractivity contribution in [3.05, 3.63) is 65.1 Å². The average molecular weight is 495 g/mol. The van der Waals surface area contributed by atoms with Gasteiger partial charge in [0.2, 0.25) is 11.8 Å². The van der Waals surface area contributed by atoms with Crippen LogP contribution in [-0.4, -0.2) is 67.8 Å². The van der Waals surface area contributed by atoms with E-state index in [-0.39, 0.29) is 24.1 Å². The molecule has 0 radical (unpaired) electrons. The number of anilines is 1. The number of hydrogen-bond acceptors (Lipinski definition) is 8. The van der Waals surface area contributed by atoms with Crippen LogP contribution in [0.5, 0.6) is 23.1 Å². The van der Waals surface area contributed by atoms with Gasteiger partial charge in [-0.15, -0.1) is 0 Å². The molecule has 3 aromatic rings. The van der Waals surface area contributed by atoms with Gasteiger partial charge in [-0.25, -0.2) is 9.37 Å². The molecule has 9 nitrogen and oxygen atoms in total. The number of methoxy groups -OCH3 is 2. The van der Waals surface area contributed by atoms with Crippen LogP contribution in [0.2, 0.25) is 0 Å². The summed E-state index contributed by atoms with van der Waals surface area (Å²) in [5.41, 5.74) is 1.88. The van der Waals surface area contributed by atoms with Crippen LogP contribution in [0.1, 0.15) is 21.6 Å². The Hall–Kier alpha value is -3.92. The van der Waals surface area contributed by atoms with Crippen molar-refractivity contribution in [3.63, 3.8) is 0 Å². The highest BCUT2D eigenvalue weighted by molar-refractivity contribution is 5.95. The molecule has 1 fully saturated rings. The summed E-state index contributed by atoms with van der Waals surface area (Å²) >= 11 is 0. The Bertz CT molecular complexity index is 1240. The number of carbonyl (C=O) groups excluding carboxylic acids is 1. The normalized spacial score (nSPS) is 15.3. The highest BCUT2D eigenvalue weighted by Crippen LogP contribution is 2.33. The van der Waals surface area contributed by atoms with E-state index in [2.05, 4.69) is 4.98 Å². The molecule has 3 heterocycles. The third-order valence-corrected chi connectivity index (χ3v) is 6.23. The second-order valence-corrected chi connectivity index (χ2v) is 8.46. The number of ether oxygens (including phenoxy) is 4. The van der Waals surface area contributed by atoms with Crippen LogP contribution in [0, 0.1) is 5.82 Å². The minimum Gasteiger partial charge on any atom is -0.497 e. The van der Waals surface area contributed by atoms with E-state index in [0.29, 0.717) is 67.8 Å². The minimum atomic E-state index is -0.495. The number of fused-ring (bicyclic) bond motifs is 1. The van der Waals surface area contributed by atoms with Crippen molar-refractivity contribution in [1.82, 2.24) is 14.9 Å². The van der Waals surface area contributed by atoms with E-state index in [0.717, 1.165) is 5.69 Å². The van der Waals surface area contributed by atoms with Crippen molar-refractivity contribution < 1.29 is 28.1 Å². The number of benzene rings is 2. The fourth-order valence-electron chi connectivity index (χ4n) is 4.28. The van der Waals surface area contributed by atoms with Gasteiger partial charge in [0, 0.05) is 37.7 Å². The fourth-order valence-corrected chi connectivity index (χ4v) is 4.28.